The first-order valence-corrected chi connectivity index (χ1v) is 12.0. The molecule has 0 unspecified atom stereocenters. The Hall–Kier alpha value is -4.07. The van der Waals surface area contributed by atoms with Gasteiger partial charge in [0.25, 0.3) is 5.91 Å². The van der Waals surface area contributed by atoms with Crippen molar-refractivity contribution in [3.05, 3.63) is 90.4 Å². The van der Waals surface area contributed by atoms with Gasteiger partial charge in [-0.3, -0.25) is 14.5 Å². The molecule has 6 nitrogen and oxygen atoms in total. The number of amides is 2. The van der Waals surface area contributed by atoms with Gasteiger partial charge in [-0.15, -0.1) is 0 Å². The molecule has 8 heteroatoms. The molecule has 2 heterocycles. The largest absolute Gasteiger partial charge is 0.347 e. The summed E-state index contributed by atoms with van der Waals surface area (Å²) in [6, 6.07) is 18.8. The second-order valence-electron chi connectivity index (χ2n) is 9.64. The van der Waals surface area contributed by atoms with Gasteiger partial charge in [0.1, 0.15) is 5.82 Å². The Morgan fingerprint density at radius 2 is 1.72 bits per heavy atom. The van der Waals surface area contributed by atoms with Gasteiger partial charge in [-0.1, -0.05) is 30.3 Å². The molecule has 1 N–H and O–H groups in total. The van der Waals surface area contributed by atoms with E-state index in [0.717, 1.165) is 29.3 Å². The molecule has 1 aliphatic carbocycles. The van der Waals surface area contributed by atoms with Crippen LogP contribution in [0.1, 0.15) is 31.4 Å². The Kier molecular flexibility index (Phi) is 5.14. The molecule has 2 aliphatic rings. The molecule has 3 aromatic carbocycles. The average Bonchev–Trinajstić information content (AvgIpc) is 3.62. The van der Waals surface area contributed by atoms with Crippen molar-refractivity contribution in [1.82, 2.24) is 15.1 Å². The number of hydrogen-bond donors (Lipinski definition) is 1. The van der Waals surface area contributed by atoms with Crippen molar-refractivity contribution in [2.24, 2.45) is 5.92 Å². The Balaban J connectivity index is 1.43. The highest BCUT2D eigenvalue weighted by Crippen LogP contribution is 2.45. The van der Waals surface area contributed by atoms with E-state index in [4.69, 9.17) is 0 Å². The van der Waals surface area contributed by atoms with Crippen LogP contribution in [0.3, 0.4) is 0 Å². The van der Waals surface area contributed by atoms with E-state index < -0.39 is 23.7 Å². The van der Waals surface area contributed by atoms with E-state index >= 15 is 4.39 Å². The van der Waals surface area contributed by atoms with Crippen LogP contribution in [-0.4, -0.2) is 33.3 Å². The summed E-state index contributed by atoms with van der Waals surface area (Å²) in [6.07, 6.45) is 3.22. The minimum Gasteiger partial charge on any atom is -0.347 e. The van der Waals surface area contributed by atoms with Gasteiger partial charge in [0.2, 0.25) is 11.6 Å². The molecule has 0 bridgehead atoms. The van der Waals surface area contributed by atoms with Crippen molar-refractivity contribution in [1.29, 1.82) is 0 Å². The van der Waals surface area contributed by atoms with Crippen LogP contribution in [0.4, 0.5) is 14.5 Å². The number of rotatable bonds is 5. The van der Waals surface area contributed by atoms with Crippen LogP contribution >= 0.6 is 0 Å². The van der Waals surface area contributed by atoms with Gasteiger partial charge in [0.05, 0.1) is 29.5 Å². The summed E-state index contributed by atoms with van der Waals surface area (Å²) >= 11 is 0. The molecule has 2 amide bonds. The third-order valence-corrected chi connectivity index (χ3v) is 7.10. The van der Waals surface area contributed by atoms with Crippen molar-refractivity contribution in [2.75, 3.05) is 4.90 Å². The first kappa shape index (κ1) is 22.4. The van der Waals surface area contributed by atoms with Gasteiger partial charge in [-0.25, -0.2) is 13.5 Å². The lowest BCUT2D eigenvalue weighted by Crippen LogP contribution is -2.50. The molecule has 36 heavy (non-hydrogen) atoms. The lowest BCUT2D eigenvalue weighted by Gasteiger charge is -2.29. The maximum absolute atomic E-state index is 16.1. The van der Waals surface area contributed by atoms with Crippen LogP contribution in [0.15, 0.2) is 79.0 Å². The zero-order chi connectivity index (χ0) is 25.0. The highest BCUT2D eigenvalue weighted by molar-refractivity contribution is 6.05. The number of nitrogens with zero attached hydrogens (tertiary/aromatic N) is 3. The summed E-state index contributed by atoms with van der Waals surface area (Å²) in [6.45, 7) is 1.24. The highest BCUT2D eigenvalue weighted by atomic mass is 19.1. The molecule has 182 valence electrons. The number of anilines is 1. The smallest absolute Gasteiger partial charge is 0.267 e. The lowest BCUT2D eigenvalue weighted by molar-refractivity contribution is -0.128. The van der Waals surface area contributed by atoms with Gasteiger partial charge in [0, 0.05) is 17.0 Å². The van der Waals surface area contributed by atoms with Crippen LogP contribution in [0, 0.1) is 11.7 Å². The number of nitrogens with one attached hydrogen (secondary N) is 1. The number of benzene rings is 3. The SMILES string of the molecule is C[C@]1(F)C(=O)N(c2ccc3c(cnn3-c3ccc(F)cc3)c2)[C@H](c2ccccc2)[C@H]1NC(=O)C1CC1. The Morgan fingerprint density at radius 3 is 2.42 bits per heavy atom. The molecule has 1 saturated carbocycles. The van der Waals surface area contributed by atoms with Crippen molar-refractivity contribution < 1.29 is 18.4 Å². The molecule has 1 aromatic heterocycles. The number of alkyl halides is 1. The van der Waals surface area contributed by atoms with Gasteiger partial charge in [-0.05, 0) is 67.8 Å². The van der Waals surface area contributed by atoms with Crippen LogP contribution in [0.25, 0.3) is 16.6 Å². The summed E-state index contributed by atoms with van der Waals surface area (Å²) in [5.74, 6) is -1.37. The van der Waals surface area contributed by atoms with Crippen LogP contribution in [0.5, 0.6) is 0 Å². The maximum Gasteiger partial charge on any atom is 0.267 e. The molecule has 3 atom stereocenters. The molecular weight excluding hydrogens is 462 g/mol. The molecule has 0 radical (unpaired) electrons. The number of halogens is 2. The van der Waals surface area contributed by atoms with Gasteiger partial charge in [0.15, 0.2) is 0 Å². The molecule has 4 aromatic rings. The molecule has 2 fully saturated rings. The maximum atomic E-state index is 16.1. The minimum atomic E-state index is -2.29. The Labute approximate surface area is 206 Å². The first-order valence-electron chi connectivity index (χ1n) is 12.0. The first-order chi connectivity index (χ1) is 17.3. The predicted molar refractivity (Wildman–Crippen MR) is 132 cm³/mol. The van der Waals surface area contributed by atoms with Gasteiger partial charge in [-0.2, -0.15) is 5.10 Å². The fraction of sp³-hybridized carbons (Fsp3) is 0.250. The topological polar surface area (TPSA) is 67.2 Å². The fourth-order valence-corrected chi connectivity index (χ4v) is 5.00. The number of hydrogen-bond acceptors (Lipinski definition) is 3. The molecule has 1 saturated heterocycles. The number of fused-ring (bicyclic) bond motifs is 1. The molecule has 1 aliphatic heterocycles. The monoisotopic (exact) mass is 486 g/mol. The van der Waals surface area contributed by atoms with E-state index in [1.165, 1.54) is 24.0 Å². The van der Waals surface area contributed by atoms with E-state index in [0.29, 0.717) is 11.4 Å². The third kappa shape index (κ3) is 3.64. The predicted octanol–water partition coefficient (Wildman–Crippen LogP) is 4.88. The van der Waals surface area contributed by atoms with Crippen LogP contribution < -0.4 is 10.2 Å². The second-order valence-corrected chi connectivity index (χ2v) is 9.64. The number of aromatic nitrogens is 2. The van der Waals surface area contributed by atoms with Crippen molar-refractivity contribution in [3.63, 3.8) is 0 Å². The normalized spacial score (nSPS) is 23.9. The van der Waals surface area contributed by atoms with Crippen LogP contribution in [0.2, 0.25) is 0 Å². The molecule has 0 spiro atoms. The second kappa shape index (κ2) is 8.26. The summed E-state index contributed by atoms with van der Waals surface area (Å²) in [7, 11) is 0. The number of carbonyl (C=O) groups excluding carboxylic acids is 2. The van der Waals surface area contributed by atoms with E-state index in [2.05, 4.69) is 10.4 Å². The van der Waals surface area contributed by atoms with E-state index in [1.54, 1.807) is 35.1 Å². The Bertz CT molecular complexity index is 1460. The van der Waals surface area contributed by atoms with Crippen molar-refractivity contribution >= 4 is 28.4 Å². The van der Waals surface area contributed by atoms with Crippen molar-refractivity contribution in [2.45, 2.75) is 37.5 Å². The van der Waals surface area contributed by atoms with Gasteiger partial charge < -0.3 is 5.32 Å². The highest BCUT2D eigenvalue weighted by Gasteiger charge is 2.59. The summed E-state index contributed by atoms with van der Waals surface area (Å²) in [4.78, 5) is 27.6. The Morgan fingerprint density at radius 1 is 1.03 bits per heavy atom. The summed E-state index contributed by atoms with van der Waals surface area (Å²) in [5.41, 5.74) is 0.397. The quantitative estimate of drug-likeness (QED) is 0.438. The van der Waals surface area contributed by atoms with E-state index in [1.807, 2.05) is 36.4 Å². The van der Waals surface area contributed by atoms with Gasteiger partial charge >= 0.3 is 0 Å². The lowest BCUT2D eigenvalue weighted by atomic mass is 9.92. The zero-order valence-corrected chi connectivity index (χ0v) is 19.6. The summed E-state index contributed by atoms with van der Waals surface area (Å²) < 4.78 is 31.2. The number of carbonyl (C=O) groups is 2. The van der Waals surface area contributed by atoms with E-state index in [9.17, 15) is 14.0 Å². The zero-order valence-electron chi connectivity index (χ0n) is 19.6. The summed E-state index contributed by atoms with van der Waals surface area (Å²) in [5, 5.41) is 8.02. The molecular formula is C28H24F2N4O2. The van der Waals surface area contributed by atoms with Crippen molar-refractivity contribution in [3.8, 4) is 5.69 Å². The minimum absolute atomic E-state index is 0.116. The standard InChI is InChI=1S/C28H24F2N4O2/c1-28(30)25(32-26(35)18-7-8-18)24(17-5-3-2-4-6-17)33(27(28)36)22-13-14-23-19(15-22)16-31-34(23)21-11-9-20(29)10-12-21/h2-6,9-16,18,24-25H,7-8H2,1H3,(H,32,35)/t24-,25-,28-/m1/s1. The molecule has 6 rings (SSSR count). The fourth-order valence-electron chi connectivity index (χ4n) is 5.00. The average molecular weight is 487 g/mol. The van der Waals surface area contributed by atoms with E-state index in [-0.39, 0.29) is 17.6 Å². The third-order valence-electron chi connectivity index (χ3n) is 7.10. The van der Waals surface area contributed by atoms with Crippen LogP contribution in [-0.2, 0) is 9.59 Å².